The van der Waals surface area contributed by atoms with Crippen molar-refractivity contribution in [2.45, 2.75) is 32.7 Å². The molecule has 0 saturated heterocycles. The molecule has 0 heterocycles. The Balaban J connectivity index is 0.00000196. The highest BCUT2D eigenvalue weighted by molar-refractivity contribution is 14.1. The van der Waals surface area contributed by atoms with E-state index < -0.39 is 0 Å². The lowest BCUT2D eigenvalue weighted by Gasteiger charge is -2.21. The summed E-state index contributed by atoms with van der Waals surface area (Å²) < 4.78 is 0.871. The topological polar surface area (TPSA) is 46.2 Å². The van der Waals surface area contributed by atoms with Crippen LogP contribution in [-0.4, -0.2) is 5.11 Å². The number of benzene rings is 1. The summed E-state index contributed by atoms with van der Waals surface area (Å²) in [7, 11) is 0. The lowest BCUT2D eigenvalue weighted by molar-refractivity contribution is 0.463. The van der Waals surface area contributed by atoms with E-state index in [0.717, 1.165) is 9.13 Å². The molecule has 0 atom stereocenters. The molecule has 0 fully saturated rings. The van der Waals surface area contributed by atoms with E-state index in [2.05, 4.69) is 43.4 Å². The Kier molecular flexibility index (Phi) is 5.57. The van der Waals surface area contributed by atoms with Crippen LogP contribution in [0.25, 0.3) is 0 Å². The van der Waals surface area contributed by atoms with Crippen molar-refractivity contribution in [2.75, 3.05) is 0 Å². The minimum Gasteiger partial charge on any atom is -0.507 e. The Morgan fingerprint density at radius 2 is 1.87 bits per heavy atom. The summed E-state index contributed by atoms with van der Waals surface area (Å²) in [4.78, 5) is 0. The van der Waals surface area contributed by atoms with E-state index >= 15 is 0 Å². The fourth-order valence-corrected chi connectivity index (χ4v) is 1.93. The van der Waals surface area contributed by atoms with Gasteiger partial charge >= 0.3 is 0 Å². The van der Waals surface area contributed by atoms with Crippen LogP contribution in [0.3, 0.4) is 0 Å². The molecular weight excluding hydrogens is 369 g/mol. The zero-order valence-electron chi connectivity index (χ0n) is 9.17. The van der Waals surface area contributed by atoms with Crippen LogP contribution in [0.1, 0.15) is 31.9 Å². The number of phenolic OH excluding ortho intramolecular Hbond substituents is 1. The van der Waals surface area contributed by atoms with E-state index in [1.165, 1.54) is 5.56 Å². The smallest absolute Gasteiger partial charge is 0.133 e. The second kappa shape index (κ2) is 5.50. The third kappa shape index (κ3) is 3.60. The van der Waals surface area contributed by atoms with Crippen LogP contribution >= 0.6 is 39.6 Å². The van der Waals surface area contributed by atoms with Gasteiger partial charge in [0.05, 0.1) is 3.57 Å². The van der Waals surface area contributed by atoms with Gasteiger partial charge in [-0.15, -0.1) is 17.0 Å². The van der Waals surface area contributed by atoms with Crippen molar-refractivity contribution in [1.29, 1.82) is 0 Å². The van der Waals surface area contributed by atoms with Crippen molar-refractivity contribution >= 4 is 39.6 Å². The predicted molar refractivity (Wildman–Crippen MR) is 77.7 cm³/mol. The summed E-state index contributed by atoms with van der Waals surface area (Å²) in [5.74, 6) is 0.320. The molecule has 0 spiro atoms. The maximum absolute atomic E-state index is 9.70. The van der Waals surface area contributed by atoms with Crippen molar-refractivity contribution in [2.24, 2.45) is 5.73 Å². The number of hydrogen-bond donors (Lipinski definition) is 2. The molecule has 0 bridgehead atoms. The monoisotopic (exact) mass is 385 g/mol. The first-order chi connectivity index (χ1) is 6.36. The molecule has 0 aliphatic heterocycles. The summed E-state index contributed by atoms with van der Waals surface area (Å²) in [6.45, 7) is 6.83. The van der Waals surface area contributed by atoms with E-state index in [9.17, 15) is 5.11 Å². The molecule has 15 heavy (non-hydrogen) atoms. The van der Waals surface area contributed by atoms with Crippen LogP contribution in [0.15, 0.2) is 12.1 Å². The van der Waals surface area contributed by atoms with E-state index in [1.807, 2.05) is 12.1 Å². The van der Waals surface area contributed by atoms with Crippen molar-refractivity contribution in [3.05, 3.63) is 26.8 Å². The number of phenols is 1. The number of nitrogens with two attached hydrogens (primary N) is 1. The molecule has 0 aliphatic carbocycles. The van der Waals surface area contributed by atoms with Crippen molar-refractivity contribution in [1.82, 2.24) is 0 Å². The fourth-order valence-electron chi connectivity index (χ4n) is 1.24. The average molecular weight is 386 g/mol. The van der Waals surface area contributed by atoms with E-state index in [0.29, 0.717) is 12.3 Å². The molecule has 86 valence electrons. The van der Waals surface area contributed by atoms with Crippen LogP contribution < -0.4 is 5.73 Å². The Morgan fingerprint density at radius 1 is 1.33 bits per heavy atom. The highest BCUT2D eigenvalue weighted by Crippen LogP contribution is 2.31. The highest BCUT2D eigenvalue weighted by Gasteiger charge is 2.17. The van der Waals surface area contributed by atoms with Gasteiger partial charge in [0.1, 0.15) is 5.75 Å². The Bertz CT molecular complexity index is 347. The molecule has 2 nitrogen and oxygen atoms in total. The highest BCUT2D eigenvalue weighted by atomic mass is 127. The minimum atomic E-state index is 0. The molecule has 1 aromatic rings. The molecule has 1 aromatic carbocycles. The normalized spacial score (nSPS) is 11.0. The molecule has 0 saturated carbocycles. The minimum absolute atomic E-state index is 0. The van der Waals surface area contributed by atoms with Gasteiger partial charge in [0, 0.05) is 12.1 Å². The number of aromatic hydroxyl groups is 1. The molecule has 0 radical (unpaired) electrons. The second-order valence-electron chi connectivity index (χ2n) is 4.42. The quantitative estimate of drug-likeness (QED) is 0.728. The van der Waals surface area contributed by atoms with Gasteiger partial charge in [0.15, 0.2) is 0 Å². The van der Waals surface area contributed by atoms with Crippen molar-refractivity contribution in [3.8, 4) is 5.75 Å². The van der Waals surface area contributed by atoms with E-state index in [-0.39, 0.29) is 22.4 Å². The summed E-state index contributed by atoms with van der Waals surface area (Å²) >= 11 is 2.13. The lowest BCUT2D eigenvalue weighted by Crippen LogP contribution is -2.12. The average Bonchev–Trinajstić information content (AvgIpc) is 2.07. The Hall–Kier alpha value is 0.190. The zero-order chi connectivity index (χ0) is 10.9. The third-order valence-electron chi connectivity index (χ3n) is 2.23. The molecule has 1 rings (SSSR count). The fraction of sp³-hybridized carbons (Fsp3) is 0.455. The maximum Gasteiger partial charge on any atom is 0.133 e. The second-order valence-corrected chi connectivity index (χ2v) is 5.58. The first kappa shape index (κ1) is 15.2. The first-order valence-corrected chi connectivity index (χ1v) is 5.66. The largest absolute Gasteiger partial charge is 0.507 e. The van der Waals surface area contributed by atoms with Crippen LogP contribution in [0.2, 0.25) is 0 Å². The summed E-state index contributed by atoms with van der Waals surface area (Å²) in [6, 6.07) is 3.99. The maximum atomic E-state index is 9.70. The summed E-state index contributed by atoms with van der Waals surface area (Å²) in [5, 5.41) is 9.70. The molecule has 0 unspecified atom stereocenters. The predicted octanol–water partition coefficient (Wildman–Crippen LogP) is 3.33. The molecule has 4 heteroatoms. The SMILES string of the molecule is Br.CC(C)(C)c1cc(I)c(O)c(CN)c1. The molecule has 0 aromatic heterocycles. The van der Waals surface area contributed by atoms with Gasteiger partial charge in [-0.05, 0) is 39.6 Å². The lowest BCUT2D eigenvalue weighted by atomic mass is 9.86. The van der Waals surface area contributed by atoms with Crippen LogP contribution in [0.4, 0.5) is 0 Å². The van der Waals surface area contributed by atoms with Gasteiger partial charge in [-0.3, -0.25) is 0 Å². The number of halogens is 2. The van der Waals surface area contributed by atoms with Gasteiger partial charge in [-0.25, -0.2) is 0 Å². The molecule has 0 amide bonds. The van der Waals surface area contributed by atoms with E-state index in [4.69, 9.17) is 5.73 Å². The van der Waals surface area contributed by atoms with Crippen LogP contribution in [0, 0.1) is 3.57 Å². The zero-order valence-corrected chi connectivity index (χ0v) is 13.0. The molecular formula is C11H17BrINO. The van der Waals surface area contributed by atoms with Crippen LogP contribution in [0.5, 0.6) is 5.75 Å². The van der Waals surface area contributed by atoms with Gasteiger partial charge in [-0.1, -0.05) is 26.8 Å². The molecule has 0 aliphatic rings. The van der Waals surface area contributed by atoms with E-state index in [1.54, 1.807) is 0 Å². The van der Waals surface area contributed by atoms with Gasteiger partial charge in [-0.2, -0.15) is 0 Å². The first-order valence-electron chi connectivity index (χ1n) is 4.58. The van der Waals surface area contributed by atoms with Gasteiger partial charge in [0.2, 0.25) is 0 Å². The number of rotatable bonds is 1. The standard InChI is InChI=1S/C11H16INO.BrH/c1-11(2,3)8-4-7(6-13)10(14)9(12)5-8;/h4-5,14H,6,13H2,1-3H3;1H. The number of hydrogen-bond acceptors (Lipinski definition) is 2. The van der Waals surface area contributed by atoms with Crippen molar-refractivity contribution in [3.63, 3.8) is 0 Å². The van der Waals surface area contributed by atoms with Gasteiger partial charge < -0.3 is 10.8 Å². The third-order valence-corrected chi connectivity index (χ3v) is 3.05. The van der Waals surface area contributed by atoms with Crippen molar-refractivity contribution < 1.29 is 5.11 Å². The van der Waals surface area contributed by atoms with Gasteiger partial charge in [0.25, 0.3) is 0 Å². The Morgan fingerprint density at radius 3 is 2.27 bits per heavy atom. The summed E-state index contributed by atoms with van der Waals surface area (Å²) in [6.07, 6.45) is 0. The summed E-state index contributed by atoms with van der Waals surface area (Å²) in [5.41, 5.74) is 7.69. The molecule has 3 N–H and O–H groups in total. The Labute approximate surface area is 115 Å². The van der Waals surface area contributed by atoms with Crippen LogP contribution in [-0.2, 0) is 12.0 Å².